The summed E-state index contributed by atoms with van der Waals surface area (Å²) in [4.78, 5) is 38.5. The topological polar surface area (TPSA) is 78.9 Å². The summed E-state index contributed by atoms with van der Waals surface area (Å²) in [5.41, 5.74) is 0. The minimum atomic E-state index is -0.783. The number of carbonyl (C=O) groups is 3. The van der Waals surface area contributed by atoms with Crippen molar-refractivity contribution in [2.75, 3.05) is 13.2 Å². The number of unbranched alkanes of at least 4 members (excludes halogenated alkanes) is 42. The molecule has 0 amide bonds. The summed E-state index contributed by atoms with van der Waals surface area (Å²) in [6.07, 6.45) is 90.7. The van der Waals surface area contributed by atoms with Crippen LogP contribution in [-0.4, -0.2) is 37.2 Å². The van der Waals surface area contributed by atoms with Crippen molar-refractivity contribution in [1.29, 1.82) is 0 Å². The summed E-state index contributed by atoms with van der Waals surface area (Å²) in [6, 6.07) is 0. The average Bonchev–Trinajstić information content (AvgIpc) is 3.47. The van der Waals surface area contributed by atoms with Gasteiger partial charge in [-0.2, -0.15) is 0 Å². The predicted octanol–water partition coefficient (Wildman–Crippen LogP) is 24.4. The van der Waals surface area contributed by atoms with E-state index in [1.54, 1.807) is 0 Å². The first-order valence-electron chi connectivity index (χ1n) is 35.4. The van der Waals surface area contributed by atoms with Crippen molar-refractivity contribution in [2.45, 2.75) is 374 Å². The van der Waals surface area contributed by atoms with E-state index < -0.39 is 6.10 Å². The predicted molar refractivity (Wildman–Crippen MR) is 353 cm³/mol. The van der Waals surface area contributed by atoms with E-state index >= 15 is 0 Å². The van der Waals surface area contributed by atoms with Crippen LogP contribution in [0.5, 0.6) is 0 Å². The molecule has 0 aliphatic carbocycles. The summed E-state index contributed by atoms with van der Waals surface area (Å²) in [5, 5.41) is 0. The lowest BCUT2D eigenvalue weighted by Crippen LogP contribution is -2.30. The van der Waals surface area contributed by atoms with Crippen LogP contribution in [0.2, 0.25) is 0 Å². The number of hydrogen-bond donors (Lipinski definition) is 0. The molecule has 0 bridgehead atoms. The van der Waals surface area contributed by atoms with Gasteiger partial charge in [0.25, 0.3) is 0 Å². The summed E-state index contributed by atoms with van der Waals surface area (Å²) >= 11 is 0. The second-order valence-electron chi connectivity index (χ2n) is 23.8. The smallest absolute Gasteiger partial charge is 0.306 e. The molecular formula is C75H134O6. The van der Waals surface area contributed by atoms with E-state index in [9.17, 15) is 14.4 Å². The Morgan fingerprint density at radius 2 is 0.481 bits per heavy atom. The number of carbonyl (C=O) groups excluding carboxylic acids is 3. The van der Waals surface area contributed by atoms with Crippen molar-refractivity contribution in [3.8, 4) is 0 Å². The third-order valence-corrected chi connectivity index (χ3v) is 15.7. The van der Waals surface area contributed by atoms with E-state index in [2.05, 4.69) is 93.7 Å². The molecule has 0 spiro atoms. The van der Waals surface area contributed by atoms with Gasteiger partial charge < -0.3 is 14.2 Å². The third kappa shape index (κ3) is 67.5. The van der Waals surface area contributed by atoms with Gasteiger partial charge in [-0.3, -0.25) is 14.4 Å². The molecule has 0 fully saturated rings. The molecule has 0 aromatic carbocycles. The first-order valence-corrected chi connectivity index (χ1v) is 35.4. The molecule has 0 saturated heterocycles. The third-order valence-electron chi connectivity index (χ3n) is 15.7. The van der Waals surface area contributed by atoms with Crippen molar-refractivity contribution in [3.63, 3.8) is 0 Å². The van der Waals surface area contributed by atoms with Gasteiger partial charge in [0.1, 0.15) is 13.2 Å². The molecule has 0 aliphatic heterocycles. The van der Waals surface area contributed by atoms with Crippen molar-refractivity contribution in [1.82, 2.24) is 0 Å². The van der Waals surface area contributed by atoms with E-state index in [-0.39, 0.29) is 31.1 Å². The van der Waals surface area contributed by atoms with Gasteiger partial charge in [0, 0.05) is 19.3 Å². The minimum Gasteiger partial charge on any atom is -0.462 e. The lowest BCUT2D eigenvalue weighted by Gasteiger charge is -2.18. The fourth-order valence-corrected chi connectivity index (χ4v) is 10.4. The molecule has 81 heavy (non-hydrogen) atoms. The second-order valence-corrected chi connectivity index (χ2v) is 23.8. The molecule has 470 valence electrons. The number of ether oxygens (including phenoxy) is 3. The molecule has 1 unspecified atom stereocenters. The van der Waals surface area contributed by atoms with Crippen LogP contribution in [0, 0.1) is 0 Å². The van der Waals surface area contributed by atoms with Gasteiger partial charge in [0.15, 0.2) is 6.10 Å². The zero-order valence-corrected chi connectivity index (χ0v) is 54.1. The van der Waals surface area contributed by atoms with Gasteiger partial charge in [-0.1, -0.05) is 331 Å². The Morgan fingerprint density at radius 3 is 0.753 bits per heavy atom. The first kappa shape index (κ1) is 77.9. The highest BCUT2D eigenvalue weighted by molar-refractivity contribution is 5.71. The van der Waals surface area contributed by atoms with E-state index in [1.165, 1.54) is 218 Å². The Bertz CT molecular complexity index is 1490. The molecular weight excluding hydrogens is 997 g/mol. The molecule has 6 nitrogen and oxygen atoms in total. The summed E-state index contributed by atoms with van der Waals surface area (Å²) in [7, 11) is 0. The zero-order chi connectivity index (χ0) is 58.5. The van der Waals surface area contributed by atoms with Crippen LogP contribution < -0.4 is 0 Å². The Labute approximate surface area is 503 Å². The lowest BCUT2D eigenvalue weighted by atomic mass is 10.0. The Balaban J connectivity index is 4.29. The molecule has 0 saturated carbocycles. The molecule has 0 heterocycles. The fraction of sp³-hybridized carbons (Fsp3) is 0.800. The standard InChI is InChI=1S/C75H134O6/c1-4-7-10-13-16-19-22-25-28-30-32-34-35-36-37-38-39-41-42-44-47-50-53-56-59-62-65-68-74(77)80-71-72(70-79-73(76)67-64-61-58-55-52-49-46-27-24-21-18-15-12-9-6-3)81-75(78)69-66-63-60-57-54-51-48-45-43-40-33-31-29-26-23-20-17-14-11-8-5-2/h9,12,18,21-22,25,27,30,32,35-36,46,72H,4-8,10-11,13-17,19-20,23-24,26,28-29,31,33-34,37-45,47-71H2,1-3H3/b12-9-,21-18-,25-22-,32-30-,36-35-,46-27-. The number of hydrogen-bond acceptors (Lipinski definition) is 6. The summed E-state index contributed by atoms with van der Waals surface area (Å²) < 4.78 is 17.0. The maximum atomic E-state index is 13.0. The maximum absolute atomic E-state index is 13.0. The normalized spacial score (nSPS) is 12.5. The quantitative estimate of drug-likeness (QED) is 0.0261. The van der Waals surface area contributed by atoms with E-state index in [1.807, 2.05) is 0 Å². The monoisotopic (exact) mass is 1130 g/mol. The lowest BCUT2D eigenvalue weighted by molar-refractivity contribution is -0.167. The molecule has 0 aliphatic rings. The van der Waals surface area contributed by atoms with Crippen LogP contribution in [0.15, 0.2) is 72.9 Å². The molecule has 0 aromatic heterocycles. The second kappa shape index (κ2) is 69.3. The Hall–Kier alpha value is -3.15. The highest BCUT2D eigenvalue weighted by Crippen LogP contribution is 2.18. The summed E-state index contributed by atoms with van der Waals surface area (Å²) in [6.45, 7) is 6.56. The first-order chi connectivity index (χ1) is 40.0. The van der Waals surface area contributed by atoms with Crippen LogP contribution in [0.1, 0.15) is 367 Å². The van der Waals surface area contributed by atoms with Gasteiger partial charge in [0.05, 0.1) is 0 Å². The van der Waals surface area contributed by atoms with Gasteiger partial charge in [-0.15, -0.1) is 0 Å². The molecule has 0 N–H and O–H groups in total. The van der Waals surface area contributed by atoms with Crippen molar-refractivity contribution < 1.29 is 28.6 Å². The van der Waals surface area contributed by atoms with Crippen molar-refractivity contribution >= 4 is 17.9 Å². The van der Waals surface area contributed by atoms with Crippen LogP contribution in [0.4, 0.5) is 0 Å². The van der Waals surface area contributed by atoms with Gasteiger partial charge in [-0.05, 0) is 89.9 Å². The summed E-state index contributed by atoms with van der Waals surface area (Å²) in [5.74, 6) is -0.875. The Morgan fingerprint density at radius 1 is 0.259 bits per heavy atom. The fourth-order valence-electron chi connectivity index (χ4n) is 10.4. The molecule has 0 radical (unpaired) electrons. The van der Waals surface area contributed by atoms with Crippen LogP contribution >= 0.6 is 0 Å². The van der Waals surface area contributed by atoms with E-state index in [0.717, 1.165) is 109 Å². The maximum Gasteiger partial charge on any atom is 0.306 e. The molecule has 0 aromatic rings. The van der Waals surface area contributed by atoms with Crippen molar-refractivity contribution in [2.24, 2.45) is 0 Å². The van der Waals surface area contributed by atoms with Crippen LogP contribution in [0.3, 0.4) is 0 Å². The molecule has 6 heteroatoms. The van der Waals surface area contributed by atoms with Crippen LogP contribution in [-0.2, 0) is 28.6 Å². The van der Waals surface area contributed by atoms with Gasteiger partial charge in [0.2, 0.25) is 0 Å². The number of allylic oxidation sites excluding steroid dienone is 12. The highest BCUT2D eigenvalue weighted by atomic mass is 16.6. The van der Waals surface area contributed by atoms with Crippen LogP contribution in [0.25, 0.3) is 0 Å². The highest BCUT2D eigenvalue weighted by Gasteiger charge is 2.19. The van der Waals surface area contributed by atoms with Crippen molar-refractivity contribution in [3.05, 3.63) is 72.9 Å². The Kier molecular flexibility index (Phi) is 66.6. The van der Waals surface area contributed by atoms with Gasteiger partial charge in [-0.25, -0.2) is 0 Å². The molecule has 1 atom stereocenters. The number of esters is 3. The zero-order valence-electron chi connectivity index (χ0n) is 54.1. The SMILES string of the molecule is CC/C=C\C/C=C\C/C=C\CCCCCCCC(=O)OCC(COC(=O)CCCCCCCCCCCCCC/C=C\C/C=C\C/C=C\CCCCCCC)OC(=O)CCCCCCCCCCCCCCCCCCCCCCC. The largest absolute Gasteiger partial charge is 0.462 e. The minimum absolute atomic E-state index is 0.0785. The number of rotatable bonds is 65. The average molecular weight is 1130 g/mol. The van der Waals surface area contributed by atoms with E-state index in [4.69, 9.17) is 14.2 Å². The molecule has 0 rings (SSSR count). The van der Waals surface area contributed by atoms with E-state index in [0.29, 0.717) is 19.3 Å². The van der Waals surface area contributed by atoms with Gasteiger partial charge >= 0.3 is 17.9 Å².